The van der Waals surface area contributed by atoms with E-state index in [4.69, 9.17) is 5.11 Å². The Labute approximate surface area is 127 Å². The molecule has 0 aliphatic carbocycles. The summed E-state index contributed by atoms with van der Waals surface area (Å²) in [6.45, 7) is 0.458. The number of nitrogens with zero attached hydrogens (tertiary/aromatic N) is 3. The molecular formula is C11H13F3N4O3S. The van der Waals surface area contributed by atoms with Crippen molar-refractivity contribution in [1.29, 1.82) is 0 Å². The van der Waals surface area contributed by atoms with Gasteiger partial charge in [-0.2, -0.15) is 13.2 Å². The van der Waals surface area contributed by atoms with Crippen LogP contribution in [0, 0.1) is 5.92 Å². The minimum Gasteiger partial charge on any atom is -0.481 e. The van der Waals surface area contributed by atoms with Gasteiger partial charge < -0.3 is 10.0 Å². The lowest BCUT2D eigenvalue weighted by atomic mass is 9.99. The van der Waals surface area contributed by atoms with Crippen molar-refractivity contribution in [3.8, 4) is 0 Å². The number of amides is 2. The summed E-state index contributed by atoms with van der Waals surface area (Å²) in [5, 5.41) is 17.9. The smallest absolute Gasteiger partial charge is 0.395 e. The predicted octanol–water partition coefficient (Wildman–Crippen LogP) is 1.97. The number of carboxylic acids is 1. The van der Waals surface area contributed by atoms with Gasteiger partial charge in [0.15, 0.2) is 0 Å². The maximum absolute atomic E-state index is 12.2. The number of halogens is 3. The molecule has 1 atom stereocenters. The molecule has 1 fully saturated rings. The summed E-state index contributed by atoms with van der Waals surface area (Å²) in [5.41, 5.74) is 0. The fourth-order valence-corrected chi connectivity index (χ4v) is 2.84. The number of carbonyl (C=O) groups is 2. The van der Waals surface area contributed by atoms with Crippen LogP contribution < -0.4 is 5.32 Å². The Morgan fingerprint density at radius 3 is 2.77 bits per heavy atom. The molecule has 0 aromatic carbocycles. The third-order valence-electron chi connectivity index (χ3n) is 3.09. The molecule has 11 heteroatoms. The number of hydrogen-bond donors (Lipinski definition) is 2. The number of urea groups is 1. The highest BCUT2D eigenvalue weighted by Crippen LogP contribution is 2.25. The molecule has 7 nitrogen and oxygen atoms in total. The van der Waals surface area contributed by atoms with E-state index < -0.39 is 30.5 Å². The van der Waals surface area contributed by atoms with Gasteiger partial charge in [-0.3, -0.25) is 10.1 Å². The average Bonchev–Trinajstić information content (AvgIpc) is 2.83. The summed E-state index contributed by atoms with van der Waals surface area (Å²) >= 11 is 0.642. The SMILES string of the molecule is O=C(O)C1CCCN(C(=O)Nc2nnc(CC(F)(F)F)s2)C1. The molecule has 0 saturated carbocycles. The van der Waals surface area contributed by atoms with Gasteiger partial charge in [-0.25, -0.2) is 4.79 Å². The van der Waals surface area contributed by atoms with Gasteiger partial charge in [0.2, 0.25) is 5.13 Å². The van der Waals surface area contributed by atoms with Crippen molar-refractivity contribution in [3.05, 3.63) is 5.01 Å². The van der Waals surface area contributed by atoms with Crippen LogP contribution >= 0.6 is 11.3 Å². The highest BCUT2D eigenvalue weighted by molar-refractivity contribution is 7.15. The molecule has 22 heavy (non-hydrogen) atoms. The number of nitrogens with one attached hydrogen (secondary N) is 1. The maximum Gasteiger partial charge on any atom is 0.395 e. The normalized spacial score (nSPS) is 19.0. The first-order chi connectivity index (χ1) is 10.2. The van der Waals surface area contributed by atoms with E-state index >= 15 is 0 Å². The molecule has 1 unspecified atom stereocenters. The molecule has 1 aliphatic rings. The molecule has 1 aromatic rings. The fourth-order valence-electron chi connectivity index (χ4n) is 2.08. The van der Waals surface area contributed by atoms with Crippen molar-refractivity contribution in [2.75, 3.05) is 18.4 Å². The van der Waals surface area contributed by atoms with Crippen LogP contribution in [-0.2, 0) is 11.2 Å². The number of likely N-dealkylation sites (tertiary alicyclic amines) is 1. The van der Waals surface area contributed by atoms with Crippen LogP contribution in [0.25, 0.3) is 0 Å². The van der Waals surface area contributed by atoms with E-state index in [1.54, 1.807) is 0 Å². The van der Waals surface area contributed by atoms with Crippen LogP contribution in [0.3, 0.4) is 0 Å². The first-order valence-corrected chi connectivity index (χ1v) is 7.24. The monoisotopic (exact) mass is 338 g/mol. The summed E-state index contributed by atoms with van der Waals surface area (Å²) in [7, 11) is 0. The van der Waals surface area contributed by atoms with Crippen LogP contribution in [0.1, 0.15) is 17.8 Å². The predicted molar refractivity (Wildman–Crippen MR) is 70.6 cm³/mol. The van der Waals surface area contributed by atoms with E-state index in [1.165, 1.54) is 4.90 Å². The highest BCUT2D eigenvalue weighted by Gasteiger charge is 2.31. The zero-order valence-electron chi connectivity index (χ0n) is 11.3. The lowest BCUT2D eigenvalue weighted by Gasteiger charge is -2.30. The number of piperidine rings is 1. The molecule has 0 bridgehead atoms. The van der Waals surface area contributed by atoms with Crippen LogP contribution in [0.2, 0.25) is 0 Å². The Hall–Kier alpha value is -1.91. The highest BCUT2D eigenvalue weighted by atomic mass is 32.1. The van der Waals surface area contributed by atoms with Crippen molar-refractivity contribution in [1.82, 2.24) is 15.1 Å². The molecule has 2 amide bonds. The van der Waals surface area contributed by atoms with E-state index in [0.717, 1.165) is 0 Å². The van der Waals surface area contributed by atoms with Gasteiger partial charge in [0.05, 0.1) is 12.3 Å². The maximum atomic E-state index is 12.2. The summed E-state index contributed by atoms with van der Waals surface area (Å²) in [5.74, 6) is -1.60. The van der Waals surface area contributed by atoms with Crippen molar-refractivity contribution < 1.29 is 27.9 Å². The molecule has 1 saturated heterocycles. The summed E-state index contributed by atoms with van der Waals surface area (Å²) in [6, 6.07) is -0.583. The quantitative estimate of drug-likeness (QED) is 0.878. The number of alkyl halides is 3. The Bertz CT molecular complexity index is 563. The molecule has 2 N–H and O–H groups in total. The summed E-state index contributed by atoms with van der Waals surface area (Å²) in [6.07, 6.45) is -4.54. The van der Waals surface area contributed by atoms with Crippen molar-refractivity contribution in [2.24, 2.45) is 5.92 Å². The number of aliphatic carboxylic acids is 1. The van der Waals surface area contributed by atoms with Crippen LogP contribution in [0.15, 0.2) is 0 Å². The number of rotatable bonds is 3. The topological polar surface area (TPSA) is 95.4 Å². The molecule has 2 heterocycles. The second kappa shape index (κ2) is 6.46. The minimum atomic E-state index is -4.39. The van der Waals surface area contributed by atoms with Gasteiger partial charge in [0.25, 0.3) is 0 Å². The second-order valence-electron chi connectivity index (χ2n) is 4.85. The van der Waals surface area contributed by atoms with Crippen molar-refractivity contribution >= 4 is 28.5 Å². The van der Waals surface area contributed by atoms with Crippen molar-refractivity contribution in [3.63, 3.8) is 0 Å². The van der Waals surface area contributed by atoms with Gasteiger partial charge in [0, 0.05) is 13.1 Å². The lowest BCUT2D eigenvalue weighted by molar-refractivity contribution is -0.143. The van der Waals surface area contributed by atoms with E-state index in [0.29, 0.717) is 30.7 Å². The minimum absolute atomic E-state index is 0.0401. The fraction of sp³-hybridized carbons (Fsp3) is 0.636. The van der Waals surface area contributed by atoms with Gasteiger partial charge in [-0.1, -0.05) is 11.3 Å². The third kappa shape index (κ3) is 4.55. The Morgan fingerprint density at radius 1 is 1.41 bits per heavy atom. The van der Waals surface area contributed by atoms with Crippen LogP contribution in [0.5, 0.6) is 0 Å². The van der Waals surface area contributed by atoms with E-state index in [2.05, 4.69) is 15.5 Å². The first kappa shape index (κ1) is 16.5. The largest absolute Gasteiger partial charge is 0.481 e. The van der Waals surface area contributed by atoms with Crippen LogP contribution in [0.4, 0.5) is 23.1 Å². The average molecular weight is 338 g/mol. The van der Waals surface area contributed by atoms with Gasteiger partial charge in [0.1, 0.15) is 5.01 Å². The van der Waals surface area contributed by atoms with E-state index in [9.17, 15) is 22.8 Å². The zero-order valence-corrected chi connectivity index (χ0v) is 12.1. The molecule has 2 rings (SSSR count). The molecule has 1 aliphatic heterocycles. The Morgan fingerprint density at radius 2 is 2.14 bits per heavy atom. The van der Waals surface area contributed by atoms with Gasteiger partial charge >= 0.3 is 18.2 Å². The molecule has 1 aromatic heterocycles. The summed E-state index contributed by atoms with van der Waals surface area (Å²) < 4.78 is 36.6. The standard InChI is InChI=1S/C11H13F3N4O3S/c12-11(13,14)4-7-16-17-9(22-7)15-10(21)18-3-1-2-6(5-18)8(19)20/h6H,1-5H2,(H,19,20)(H,15,17,21). The number of carbonyl (C=O) groups excluding carboxylic acids is 1. The Balaban J connectivity index is 1.93. The second-order valence-corrected chi connectivity index (χ2v) is 5.91. The molecule has 0 radical (unpaired) electrons. The van der Waals surface area contributed by atoms with Crippen LogP contribution in [-0.4, -0.2) is 51.5 Å². The molecule has 122 valence electrons. The summed E-state index contributed by atoms with van der Waals surface area (Å²) in [4.78, 5) is 24.2. The van der Waals surface area contributed by atoms with E-state index in [-0.39, 0.29) is 16.7 Å². The van der Waals surface area contributed by atoms with Gasteiger partial charge in [-0.15, -0.1) is 10.2 Å². The van der Waals surface area contributed by atoms with E-state index in [1.807, 2.05) is 0 Å². The molecular weight excluding hydrogens is 325 g/mol. The Kier molecular flexibility index (Phi) is 4.84. The first-order valence-electron chi connectivity index (χ1n) is 6.42. The number of anilines is 1. The van der Waals surface area contributed by atoms with Crippen molar-refractivity contribution in [2.45, 2.75) is 25.4 Å². The number of aromatic nitrogens is 2. The molecule has 0 spiro atoms. The lowest BCUT2D eigenvalue weighted by Crippen LogP contribution is -2.44. The van der Waals surface area contributed by atoms with Gasteiger partial charge in [-0.05, 0) is 12.8 Å². The number of carboxylic acid groups (broad SMARTS) is 1. The third-order valence-corrected chi connectivity index (χ3v) is 3.93. The number of hydrogen-bond acceptors (Lipinski definition) is 5. The zero-order chi connectivity index (χ0) is 16.3.